The summed E-state index contributed by atoms with van der Waals surface area (Å²) < 4.78 is 9.17. The SMILES string of the molecule is CCn1cc(OCc2c(Cl)c(C)nn2C)cn1. The zero-order chi connectivity index (χ0) is 12.4. The molecule has 0 atom stereocenters. The first kappa shape index (κ1) is 12.0. The highest BCUT2D eigenvalue weighted by molar-refractivity contribution is 6.31. The van der Waals surface area contributed by atoms with Crippen LogP contribution in [0.3, 0.4) is 0 Å². The van der Waals surface area contributed by atoms with Gasteiger partial charge in [0, 0.05) is 13.6 Å². The van der Waals surface area contributed by atoms with Crippen molar-refractivity contribution >= 4 is 11.6 Å². The van der Waals surface area contributed by atoms with Crippen LogP contribution in [0.1, 0.15) is 18.3 Å². The molecule has 0 saturated carbocycles. The number of hydrogen-bond donors (Lipinski definition) is 0. The molecule has 0 amide bonds. The van der Waals surface area contributed by atoms with E-state index in [0.717, 1.165) is 23.7 Å². The van der Waals surface area contributed by atoms with Gasteiger partial charge in [-0.2, -0.15) is 10.2 Å². The molecule has 0 unspecified atom stereocenters. The van der Waals surface area contributed by atoms with E-state index in [-0.39, 0.29) is 0 Å². The van der Waals surface area contributed by atoms with Crippen LogP contribution in [0, 0.1) is 6.92 Å². The number of nitrogens with zero attached hydrogens (tertiary/aromatic N) is 4. The Kier molecular flexibility index (Phi) is 3.38. The van der Waals surface area contributed by atoms with Crippen molar-refractivity contribution in [2.24, 2.45) is 7.05 Å². The highest BCUT2D eigenvalue weighted by atomic mass is 35.5. The first-order valence-electron chi connectivity index (χ1n) is 5.45. The van der Waals surface area contributed by atoms with Crippen molar-refractivity contribution in [2.45, 2.75) is 27.0 Å². The minimum atomic E-state index is 0.394. The standard InChI is InChI=1S/C11H15ClN4O/c1-4-16-6-9(5-13-16)17-7-10-11(12)8(2)14-15(10)3/h5-6H,4,7H2,1-3H3. The average molecular weight is 255 g/mol. The van der Waals surface area contributed by atoms with Crippen LogP contribution in [-0.2, 0) is 20.2 Å². The van der Waals surface area contributed by atoms with Gasteiger partial charge in [0.25, 0.3) is 0 Å². The Morgan fingerprint density at radius 2 is 2.24 bits per heavy atom. The minimum absolute atomic E-state index is 0.394. The highest BCUT2D eigenvalue weighted by Crippen LogP contribution is 2.21. The van der Waals surface area contributed by atoms with Gasteiger partial charge in [0.05, 0.1) is 28.8 Å². The predicted molar refractivity (Wildman–Crippen MR) is 65.2 cm³/mol. The highest BCUT2D eigenvalue weighted by Gasteiger charge is 2.11. The number of ether oxygens (including phenoxy) is 1. The van der Waals surface area contributed by atoms with Crippen LogP contribution in [0.15, 0.2) is 12.4 Å². The van der Waals surface area contributed by atoms with Gasteiger partial charge in [-0.25, -0.2) is 0 Å². The Labute approximate surface area is 105 Å². The number of halogens is 1. The van der Waals surface area contributed by atoms with Crippen LogP contribution in [0.4, 0.5) is 0 Å². The van der Waals surface area contributed by atoms with Gasteiger partial charge in [-0.3, -0.25) is 9.36 Å². The van der Waals surface area contributed by atoms with Crippen LogP contribution in [0.2, 0.25) is 5.02 Å². The summed E-state index contributed by atoms with van der Waals surface area (Å²) in [7, 11) is 1.85. The number of rotatable bonds is 4. The molecule has 0 aliphatic heterocycles. The van der Waals surface area contributed by atoms with Gasteiger partial charge in [-0.1, -0.05) is 11.6 Å². The third-order valence-corrected chi connectivity index (χ3v) is 3.06. The van der Waals surface area contributed by atoms with Gasteiger partial charge in [0.15, 0.2) is 5.75 Å². The van der Waals surface area contributed by atoms with E-state index < -0.39 is 0 Å². The fourth-order valence-electron chi connectivity index (χ4n) is 1.58. The van der Waals surface area contributed by atoms with Crippen LogP contribution < -0.4 is 4.74 Å². The molecule has 6 heteroatoms. The molecular weight excluding hydrogens is 240 g/mol. The van der Waals surface area contributed by atoms with E-state index in [9.17, 15) is 0 Å². The fraction of sp³-hybridized carbons (Fsp3) is 0.455. The quantitative estimate of drug-likeness (QED) is 0.840. The summed E-state index contributed by atoms with van der Waals surface area (Å²) in [5.74, 6) is 0.738. The molecule has 0 aliphatic rings. The van der Waals surface area contributed by atoms with E-state index in [1.165, 1.54) is 0 Å². The molecule has 0 N–H and O–H groups in total. The molecule has 0 spiro atoms. The molecule has 0 aliphatic carbocycles. The Bertz CT molecular complexity index is 518. The average Bonchev–Trinajstić information content (AvgIpc) is 2.84. The Balaban J connectivity index is 2.07. The Morgan fingerprint density at radius 3 is 2.76 bits per heavy atom. The maximum Gasteiger partial charge on any atom is 0.157 e. The lowest BCUT2D eigenvalue weighted by molar-refractivity contribution is 0.294. The number of aromatic nitrogens is 4. The summed E-state index contributed by atoms with van der Waals surface area (Å²) in [6, 6.07) is 0. The molecule has 2 aromatic rings. The normalized spacial score (nSPS) is 10.8. The van der Waals surface area contributed by atoms with Crippen molar-refractivity contribution in [1.82, 2.24) is 19.6 Å². The second-order valence-electron chi connectivity index (χ2n) is 3.79. The molecule has 2 rings (SSSR count). The molecule has 0 fully saturated rings. The van der Waals surface area contributed by atoms with Gasteiger partial charge in [0.1, 0.15) is 6.61 Å². The second-order valence-corrected chi connectivity index (χ2v) is 4.17. The van der Waals surface area contributed by atoms with Crippen molar-refractivity contribution in [1.29, 1.82) is 0 Å². The summed E-state index contributed by atoms with van der Waals surface area (Å²) in [4.78, 5) is 0. The minimum Gasteiger partial charge on any atom is -0.484 e. The third-order valence-electron chi connectivity index (χ3n) is 2.57. The van der Waals surface area contributed by atoms with E-state index in [0.29, 0.717) is 11.6 Å². The first-order chi connectivity index (χ1) is 8.11. The molecule has 0 saturated heterocycles. The van der Waals surface area contributed by atoms with Crippen LogP contribution >= 0.6 is 11.6 Å². The van der Waals surface area contributed by atoms with Crippen LogP contribution in [0.25, 0.3) is 0 Å². The van der Waals surface area contributed by atoms with Crippen molar-refractivity contribution in [3.63, 3.8) is 0 Å². The Hall–Kier alpha value is -1.49. The largest absolute Gasteiger partial charge is 0.484 e. The van der Waals surface area contributed by atoms with Crippen molar-refractivity contribution in [3.8, 4) is 5.75 Å². The number of hydrogen-bond acceptors (Lipinski definition) is 3. The lowest BCUT2D eigenvalue weighted by atomic mass is 10.4. The maximum atomic E-state index is 6.13. The maximum absolute atomic E-state index is 6.13. The molecular formula is C11H15ClN4O. The van der Waals surface area contributed by atoms with Gasteiger partial charge in [-0.05, 0) is 13.8 Å². The molecule has 2 aromatic heterocycles. The van der Waals surface area contributed by atoms with Gasteiger partial charge in [0.2, 0.25) is 0 Å². The second kappa shape index (κ2) is 4.79. The fourth-order valence-corrected chi connectivity index (χ4v) is 1.80. The predicted octanol–water partition coefficient (Wildman–Crippen LogP) is 2.18. The van der Waals surface area contributed by atoms with E-state index >= 15 is 0 Å². The summed E-state index contributed by atoms with van der Waals surface area (Å²) in [6.07, 6.45) is 3.55. The monoisotopic (exact) mass is 254 g/mol. The topological polar surface area (TPSA) is 44.9 Å². The lowest BCUT2D eigenvalue weighted by Crippen LogP contribution is -2.03. The molecule has 2 heterocycles. The first-order valence-corrected chi connectivity index (χ1v) is 5.82. The lowest BCUT2D eigenvalue weighted by Gasteiger charge is -2.04. The summed E-state index contributed by atoms with van der Waals surface area (Å²) >= 11 is 6.13. The smallest absolute Gasteiger partial charge is 0.157 e. The van der Waals surface area contributed by atoms with E-state index in [2.05, 4.69) is 10.2 Å². The van der Waals surface area contributed by atoms with Gasteiger partial charge >= 0.3 is 0 Å². The molecule has 92 valence electrons. The molecule has 0 aromatic carbocycles. The molecule has 0 bridgehead atoms. The zero-order valence-electron chi connectivity index (χ0n) is 10.1. The van der Waals surface area contributed by atoms with Crippen LogP contribution in [0.5, 0.6) is 5.75 Å². The third kappa shape index (κ3) is 2.44. The Morgan fingerprint density at radius 1 is 1.47 bits per heavy atom. The number of aryl methyl sites for hydroxylation is 3. The summed E-state index contributed by atoms with van der Waals surface area (Å²) in [5.41, 5.74) is 1.69. The van der Waals surface area contributed by atoms with Crippen LogP contribution in [-0.4, -0.2) is 19.6 Å². The van der Waals surface area contributed by atoms with E-state index in [4.69, 9.17) is 16.3 Å². The van der Waals surface area contributed by atoms with Gasteiger partial charge < -0.3 is 4.74 Å². The van der Waals surface area contributed by atoms with Crippen molar-refractivity contribution in [2.75, 3.05) is 0 Å². The summed E-state index contributed by atoms with van der Waals surface area (Å²) in [6.45, 7) is 5.12. The molecule has 17 heavy (non-hydrogen) atoms. The summed E-state index contributed by atoms with van der Waals surface area (Å²) in [5, 5.41) is 9.02. The van der Waals surface area contributed by atoms with E-state index in [1.807, 2.05) is 31.8 Å². The van der Waals surface area contributed by atoms with Crippen molar-refractivity contribution in [3.05, 3.63) is 28.8 Å². The van der Waals surface area contributed by atoms with Gasteiger partial charge in [-0.15, -0.1) is 0 Å². The van der Waals surface area contributed by atoms with E-state index in [1.54, 1.807) is 10.9 Å². The van der Waals surface area contributed by atoms with Crippen molar-refractivity contribution < 1.29 is 4.74 Å². The molecule has 0 radical (unpaired) electrons. The zero-order valence-corrected chi connectivity index (χ0v) is 10.9. The molecule has 5 nitrogen and oxygen atoms in total.